The van der Waals surface area contributed by atoms with E-state index in [4.69, 9.17) is 4.74 Å². The lowest BCUT2D eigenvalue weighted by atomic mass is 10.0. The first-order chi connectivity index (χ1) is 10.6. The molecule has 1 aromatic carbocycles. The van der Waals surface area contributed by atoms with Gasteiger partial charge < -0.3 is 14.6 Å². The number of carboxylic acids is 1. The average Bonchev–Trinajstić information content (AvgIpc) is 2.43. The first kappa shape index (κ1) is 18.5. The zero-order chi connectivity index (χ0) is 17.6. The van der Waals surface area contributed by atoms with Gasteiger partial charge in [0.05, 0.1) is 12.7 Å². The Morgan fingerprint density at radius 3 is 2.39 bits per heavy atom. The fourth-order valence-corrected chi connectivity index (χ4v) is 1.83. The average molecular weight is 323 g/mol. The van der Waals surface area contributed by atoms with Crippen LogP contribution in [0.25, 0.3) is 0 Å². The van der Waals surface area contributed by atoms with Crippen LogP contribution in [0.1, 0.15) is 43.1 Å². The lowest BCUT2D eigenvalue weighted by molar-refractivity contribution is -0.140. The maximum atomic E-state index is 11.7. The number of amides is 1. The van der Waals surface area contributed by atoms with Gasteiger partial charge in [0.15, 0.2) is 0 Å². The molecule has 0 saturated carbocycles. The second-order valence-corrected chi connectivity index (χ2v) is 5.88. The van der Waals surface area contributed by atoms with Gasteiger partial charge >= 0.3 is 18.0 Å². The smallest absolute Gasteiger partial charge is 0.412 e. The van der Waals surface area contributed by atoms with E-state index >= 15 is 0 Å². The van der Waals surface area contributed by atoms with Crippen molar-refractivity contribution in [2.45, 2.75) is 39.2 Å². The predicted octanol–water partition coefficient (Wildman–Crippen LogP) is 2.84. The highest BCUT2D eigenvalue weighted by molar-refractivity contribution is 5.93. The number of esters is 1. The minimum Gasteiger partial charge on any atom is -0.478 e. The van der Waals surface area contributed by atoms with Crippen LogP contribution in [-0.4, -0.2) is 35.8 Å². The van der Waals surface area contributed by atoms with Crippen molar-refractivity contribution < 1.29 is 29.0 Å². The third kappa shape index (κ3) is 6.37. The number of anilines is 1. The summed E-state index contributed by atoms with van der Waals surface area (Å²) in [5, 5.41) is 11.8. The third-order valence-corrected chi connectivity index (χ3v) is 2.81. The highest BCUT2D eigenvalue weighted by atomic mass is 16.6. The number of nitrogens with one attached hydrogen (secondary N) is 1. The van der Waals surface area contributed by atoms with E-state index in [0.29, 0.717) is 11.3 Å². The molecule has 0 aliphatic rings. The van der Waals surface area contributed by atoms with Crippen molar-refractivity contribution in [3.05, 3.63) is 29.3 Å². The Bertz CT molecular complexity index is 603. The summed E-state index contributed by atoms with van der Waals surface area (Å²) >= 11 is 0. The minimum atomic E-state index is -1.14. The van der Waals surface area contributed by atoms with E-state index in [0.717, 1.165) is 0 Å². The van der Waals surface area contributed by atoms with Crippen molar-refractivity contribution in [1.82, 2.24) is 0 Å². The largest absolute Gasteiger partial charge is 0.478 e. The lowest BCUT2D eigenvalue weighted by Gasteiger charge is -2.20. The molecule has 2 N–H and O–H groups in total. The second-order valence-electron chi connectivity index (χ2n) is 5.88. The van der Waals surface area contributed by atoms with E-state index in [-0.39, 0.29) is 18.4 Å². The van der Waals surface area contributed by atoms with E-state index < -0.39 is 23.6 Å². The summed E-state index contributed by atoms with van der Waals surface area (Å²) in [5.74, 6) is -1.56. The molecule has 0 radical (unpaired) electrons. The number of aromatic carboxylic acids is 1. The molecule has 1 amide bonds. The Labute approximate surface area is 134 Å². The maximum absolute atomic E-state index is 11.7. The summed E-state index contributed by atoms with van der Waals surface area (Å²) in [7, 11) is 1.27. The quantitative estimate of drug-likeness (QED) is 0.808. The van der Waals surface area contributed by atoms with Crippen molar-refractivity contribution in [3.8, 4) is 0 Å². The third-order valence-electron chi connectivity index (χ3n) is 2.81. The van der Waals surface area contributed by atoms with Gasteiger partial charge in [0.25, 0.3) is 0 Å². The van der Waals surface area contributed by atoms with Crippen LogP contribution in [0.3, 0.4) is 0 Å². The molecule has 7 heteroatoms. The molecular weight excluding hydrogens is 302 g/mol. The molecule has 0 heterocycles. The van der Waals surface area contributed by atoms with Gasteiger partial charge in [-0.1, -0.05) is 6.07 Å². The first-order valence-electron chi connectivity index (χ1n) is 7.05. The van der Waals surface area contributed by atoms with Gasteiger partial charge in [0.2, 0.25) is 0 Å². The van der Waals surface area contributed by atoms with Gasteiger partial charge in [-0.2, -0.15) is 0 Å². The number of carboxylic acid groups (broad SMARTS) is 1. The van der Waals surface area contributed by atoms with Crippen LogP contribution in [0, 0.1) is 0 Å². The molecule has 7 nitrogen and oxygen atoms in total. The number of benzene rings is 1. The van der Waals surface area contributed by atoms with E-state index in [1.165, 1.54) is 13.2 Å². The standard InChI is InChI=1S/C16H21NO6/c1-16(2,3)23-15(21)17-11-7-5-10(6-8-13(18)22-4)12(9-11)14(19)20/h5,7,9H,6,8H2,1-4H3,(H,17,21)(H,19,20). The molecule has 0 fully saturated rings. The molecule has 1 aromatic rings. The zero-order valence-electron chi connectivity index (χ0n) is 13.6. The Morgan fingerprint density at radius 2 is 1.87 bits per heavy atom. The number of hydrogen-bond acceptors (Lipinski definition) is 5. The van der Waals surface area contributed by atoms with E-state index in [1.807, 2.05) is 0 Å². The normalized spacial score (nSPS) is 10.8. The van der Waals surface area contributed by atoms with Gasteiger partial charge in [-0.25, -0.2) is 9.59 Å². The molecule has 0 aromatic heterocycles. The summed E-state index contributed by atoms with van der Waals surface area (Å²) < 4.78 is 9.64. The molecular formula is C16H21NO6. The number of rotatable bonds is 5. The Balaban J connectivity index is 2.89. The number of hydrogen-bond donors (Lipinski definition) is 2. The van der Waals surface area contributed by atoms with Gasteiger partial charge in [0, 0.05) is 12.1 Å². The van der Waals surface area contributed by atoms with Crippen molar-refractivity contribution in [2.75, 3.05) is 12.4 Å². The second kappa shape index (κ2) is 7.62. The topological polar surface area (TPSA) is 102 Å². The van der Waals surface area contributed by atoms with Crippen LogP contribution in [0.2, 0.25) is 0 Å². The molecule has 0 aliphatic heterocycles. The molecule has 0 spiro atoms. The van der Waals surface area contributed by atoms with Crippen LogP contribution in [0.4, 0.5) is 10.5 Å². The van der Waals surface area contributed by atoms with Crippen molar-refractivity contribution >= 4 is 23.7 Å². The lowest BCUT2D eigenvalue weighted by Crippen LogP contribution is -2.27. The number of carbonyl (C=O) groups excluding carboxylic acids is 2. The molecule has 0 aliphatic carbocycles. The van der Waals surface area contributed by atoms with Crippen LogP contribution in [0.15, 0.2) is 18.2 Å². The Hall–Kier alpha value is -2.57. The van der Waals surface area contributed by atoms with Gasteiger partial charge in [-0.3, -0.25) is 10.1 Å². The minimum absolute atomic E-state index is 0.0162. The number of ether oxygens (including phenoxy) is 2. The first-order valence-corrected chi connectivity index (χ1v) is 7.05. The number of carbonyl (C=O) groups is 3. The fraction of sp³-hybridized carbons (Fsp3) is 0.438. The predicted molar refractivity (Wildman–Crippen MR) is 83.6 cm³/mol. The van der Waals surface area contributed by atoms with E-state index in [2.05, 4.69) is 10.1 Å². The van der Waals surface area contributed by atoms with Crippen molar-refractivity contribution in [1.29, 1.82) is 0 Å². The molecule has 0 saturated heterocycles. The zero-order valence-corrected chi connectivity index (χ0v) is 13.6. The molecule has 23 heavy (non-hydrogen) atoms. The molecule has 1 rings (SSSR count). The molecule has 0 unspecified atom stereocenters. The van der Waals surface area contributed by atoms with E-state index in [1.54, 1.807) is 32.9 Å². The monoisotopic (exact) mass is 323 g/mol. The molecule has 126 valence electrons. The van der Waals surface area contributed by atoms with Gasteiger partial charge in [-0.05, 0) is 44.9 Å². The van der Waals surface area contributed by atoms with Crippen LogP contribution >= 0.6 is 0 Å². The van der Waals surface area contributed by atoms with Crippen molar-refractivity contribution in [2.24, 2.45) is 0 Å². The molecule has 0 bridgehead atoms. The summed E-state index contributed by atoms with van der Waals surface area (Å²) in [6, 6.07) is 4.45. The highest BCUT2D eigenvalue weighted by Crippen LogP contribution is 2.19. The van der Waals surface area contributed by atoms with Crippen LogP contribution < -0.4 is 5.32 Å². The fourth-order valence-electron chi connectivity index (χ4n) is 1.83. The molecule has 0 atom stereocenters. The maximum Gasteiger partial charge on any atom is 0.412 e. The number of methoxy groups -OCH3 is 1. The Kier molecular flexibility index (Phi) is 6.12. The van der Waals surface area contributed by atoms with E-state index in [9.17, 15) is 19.5 Å². The Morgan fingerprint density at radius 1 is 1.22 bits per heavy atom. The summed E-state index contributed by atoms with van der Waals surface area (Å²) in [6.07, 6.45) is -0.354. The number of aryl methyl sites for hydroxylation is 1. The van der Waals surface area contributed by atoms with Gasteiger partial charge in [-0.15, -0.1) is 0 Å². The van der Waals surface area contributed by atoms with Crippen molar-refractivity contribution in [3.63, 3.8) is 0 Å². The van der Waals surface area contributed by atoms with Crippen LogP contribution in [0.5, 0.6) is 0 Å². The van der Waals surface area contributed by atoms with Gasteiger partial charge in [0.1, 0.15) is 5.60 Å². The van der Waals surface area contributed by atoms with Crippen LogP contribution in [-0.2, 0) is 20.7 Å². The summed E-state index contributed by atoms with van der Waals surface area (Å²) in [5.41, 5.74) is 0.152. The SMILES string of the molecule is COC(=O)CCc1ccc(NC(=O)OC(C)(C)C)cc1C(=O)O. The summed E-state index contributed by atoms with van der Waals surface area (Å²) in [4.78, 5) is 34.2. The summed E-state index contributed by atoms with van der Waals surface area (Å²) in [6.45, 7) is 5.18. The highest BCUT2D eigenvalue weighted by Gasteiger charge is 2.18.